The second-order valence-corrected chi connectivity index (χ2v) is 7.23. The Morgan fingerprint density at radius 2 is 1.85 bits per heavy atom. The molecular formula is C17H15FNO7P. The van der Waals surface area contributed by atoms with E-state index in [0.29, 0.717) is 32.0 Å². The summed E-state index contributed by atoms with van der Waals surface area (Å²) in [5, 5.41) is -0.0342. The summed E-state index contributed by atoms with van der Waals surface area (Å²) in [6.07, 6.45) is 0. The summed E-state index contributed by atoms with van der Waals surface area (Å²) in [5.74, 6) is -0.858. The third-order valence-corrected chi connectivity index (χ3v) is 4.71. The first kappa shape index (κ1) is 17.9. The molecule has 0 radical (unpaired) electrons. The molecule has 1 saturated heterocycles. The van der Waals surface area contributed by atoms with Gasteiger partial charge in [0, 0.05) is 37.0 Å². The monoisotopic (exact) mass is 395 g/mol. The molecular weight excluding hydrogens is 380 g/mol. The van der Waals surface area contributed by atoms with Gasteiger partial charge < -0.3 is 18.6 Å². The molecule has 0 spiro atoms. The fourth-order valence-corrected chi connectivity index (χ4v) is 3.51. The van der Waals surface area contributed by atoms with Crippen LogP contribution in [-0.2, 0) is 9.30 Å². The average molecular weight is 395 g/mol. The molecule has 0 atom stereocenters. The number of fused-ring (bicyclic) bond motifs is 2. The Morgan fingerprint density at radius 3 is 2.56 bits per heavy atom. The lowest BCUT2D eigenvalue weighted by Crippen LogP contribution is -2.36. The number of phosphoric acid groups is 1. The van der Waals surface area contributed by atoms with Gasteiger partial charge in [-0.2, -0.15) is 0 Å². The van der Waals surface area contributed by atoms with Crippen molar-refractivity contribution in [2.24, 2.45) is 0 Å². The quantitative estimate of drug-likeness (QED) is 0.514. The zero-order chi connectivity index (χ0) is 19.2. The van der Waals surface area contributed by atoms with E-state index in [0.717, 1.165) is 12.1 Å². The molecule has 1 aliphatic rings. The molecule has 142 valence electrons. The van der Waals surface area contributed by atoms with Crippen LogP contribution in [0.1, 0.15) is 0 Å². The smallest absolute Gasteiger partial charge is 0.455 e. The summed E-state index contributed by atoms with van der Waals surface area (Å²) in [4.78, 5) is 33.2. The van der Waals surface area contributed by atoms with Gasteiger partial charge >= 0.3 is 7.82 Å². The van der Waals surface area contributed by atoms with Crippen LogP contribution in [0.25, 0.3) is 21.9 Å². The standard InChI is InChI=1S/C17H15FNO7P/c18-10-1-2-12-13(7-10)25-14-8-11(19-3-5-24-6-4-19)9-15(16(14)17(12)20)26-27(21,22)23/h1-2,7-9H,3-6H2,(H2,21,22,23). The van der Waals surface area contributed by atoms with E-state index in [1.807, 2.05) is 4.90 Å². The van der Waals surface area contributed by atoms with Crippen molar-refractivity contribution in [1.29, 1.82) is 0 Å². The third-order valence-electron chi connectivity index (χ3n) is 4.28. The number of anilines is 1. The molecule has 0 amide bonds. The molecule has 1 aromatic heterocycles. The minimum Gasteiger partial charge on any atom is -0.455 e. The lowest BCUT2D eigenvalue weighted by atomic mass is 10.1. The number of morpholine rings is 1. The molecule has 8 nitrogen and oxygen atoms in total. The van der Waals surface area contributed by atoms with Crippen molar-refractivity contribution in [3.05, 3.63) is 46.4 Å². The molecule has 2 aromatic carbocycles. The lowest BCUT2D eigenvalue weighted by Gasteiger charge is -2.29. The largest absolute Gasteiger partial charge is 0.524 e. The Bertz CT molecular complexity index is 1130. The van der Waals surface area contributed by atoms with Crippen LogP contribution in [-0.4, -0.2) is 36.1 Å². The molecule has 1 fully saturated rings. The number of rotatable bonds is 3. The topological polar surface area (TPSA) is 109 Å². The maximum atomic E-state index is 13.5. The van der Waals surface area contributed by atoms with Crippen LogP contribution in [0.15, 0.2) is 39.5 Å². The maximum absolute atomic E-state index is 13.5. The first-order chi connectivity index (χ1) is 12.8. The van der Waals surface area contributed by atoms with Gasteiger partial charge in [-0.25, -0.2) is 8.96 Å². The number of nitrogens with zero attached hydrogens (tertiary/aromatic N) is 1. The van der Waals surface area contributed by atoms with E-state index in [1.165, 1.54) is 12.1 Å². The Hall–Kier alpha value is -2.45. The SMILES string of the molecule is O=c1c2ccc(F)cc2oc2cc(N3CCOCC3)cc(OP(=O)(O)O)c12. The highest BCUT2D eigenvalue weighted by atomic mass is 31.2. The van der Waals surface area contributed by atoms with E-state index in [-0.39, 0.29) is 27.7 Å². The fraction of sp³-hybridized carbons (Fsp3) is 0.235. The van der Waals surface area contributed by atoms with Gasteiger partial charge in [-0.05, 0) is 12.1 Å². The van der Waals surface area contributed by atoms with E-state index >= 15 is 0 Å². The van der Waals surface area contributed by atoms with Gasteiger partial charge in [0.05, 0.1) is 18.6 Å². The molecule has 2 heterocycles. The Balaban J connectivity index is 2.01. The summed E-state index contributed by atoms with van der Waals surface area (Å²) in [5.41, 5.74) is 0.0654. The summed E-state index contributed by atoms with van der Waals surface area (Å²) in [6, 6.07) is 6.41. The molecule has 1 aliphatic heterocycles. The Kier molecular flexibility index (Phi) is 4.39. The number of phosphoric ester groups is 1. The van der Waals surface area contributed by atoms with Gasteiger partial charge in [0.15, 0.2) is 0 Å². The van der Waals surface area contributed by atoms with Crippen molar-refractivity contribution >= 4 is 35.4 Å². The first-order valence-electron chi connectivity index (χ1n) is 8.10. The number of hydrogen-bond acceptors (Lipinski definition) is 6. The van der Waals surface area contributed by atoms with Crippen molar-refractivity contribution in [1.82, 2.24) is 0 Å². The molecule has 0 aliphatic carbocycles. The third kappa shape index (κ3) is 3.54. The van der Waals surface area contributed by atoms with E-state index in [2.05, 4.69) is 0 Å². The van der Waals surface area contributed by atoms with Gasteiger partial charge in [-0.1, -0.05) is 0 Å². The van der Waals surface area contributed by atoms with Crippen molar-refractivity contribution in [3.63, 3.8) is 0 Å². The number of hydrogen-bond donors (Lipinski definition) is 2. The number of benzene rings is 2. The summed E-state index contributed by atoms with van der Waals surface area (Å²) >= 11 is 0. The van der Waals surface area contributed by atoms with E-state index in [4.69, 9.17) is 13.7 Å². The predicted octanol–water partition coefficient (Wildman–Crippen LogP) is 2.39. The van der Waals surface area contributed by atoms with Crippen LogP contribution in [0.5, 0.6) is 5.75 Å². The van der Waals surface area contributed by atoms with Crippen molar-refractivity contribution in [3.8, 4) is 5.75 Å². The molecule has 0 bridgehead atoms. The summed E-state index contributed by atoms with van der Waals surface area (Å²) in [6.45, 7) is 2.07. The van der Waals surface area contributed by atoms with Gasteiger partial charge in [-0.3, -0.25) is 14.6 Å². The molecule has 3 aromatic rings. The zero-order valence-electron chi connectivity index (χ0n) is 13.9. The van der Waals surface area contributed by atoms with Gasteiger partial charge in [0.2, 0.25) is 5.43 Å². The molecule has 4 rings (SSSR count). The van der Waals surface area contributed by atoms with E-state index in [9.17, 15) is 23.5 Å². The van der Waals surface area contributed by atoms with E-state index in [1.54, 1.807) is 6.07 Å². The normalized spacial score (nSPS) is 15.4. The Labute approximate surface area is 152 Å². The highest BCUT2D eigenvalue weighted by Crippen LogP contribution is 2.42. The second-order valence-electron chi connectivity index (χ2n) is 6.07. The van der Waals surface area contributed by atoms with Crippen LogP contribution in [0.3, 0.4) is 0 Å². The van der Waals surface area contributed by atoms with Crippen molar-refractivity contribution in [2.75, 3.05) is 31.2 Å². The van der Waals surface area contributed by atoms with E-state index < -0.39 is 19.1 Å². The minimum absolute atomic E-state index is 0.0359. The zero-order valence-corrected chi connectivity index (χ0v) is 14.8. The highest BCUT2D eigenvalue weighted by molar-refractivity contribution is 7.46. The maximum Gasteiger partial charge on any atom is 0.524 e. The van der Waals surface area contributed by atoms with Crippen LogP contribution in [0.4, 0.5) is 10.1 Å². The van der Waals surface area contributed by atoms with Crippen LogP contribution >= 0.6 is 7.82 Å². The van der Waals surface area contributed by atoms with Crippen LogP contribution < -0.4 is 14.9 Å². The first-order valence-corrected chi connectivity index (χ1v) is 9.63. The molecule has 0 unspecified atom stereocenters. The van der Waals surface area contributed by atoms with Gasteiger partial charge in [0.25, 0.3) is 0 Å². The molecule has 10 heteroatoms. The molecule has 2 N–H and O–H groups in total. The van der Waals surface area contributed by atoms with Crippen LogP contribution in [0.2, 0.25) is 0 Å². The summed E-state index contributed by atoms with van der Waals surface area (Å²) < 4.78 is 40.7. The highest BCUT2D eigenvalue weighted by Gasteiger charge is 2.24. The molecule has 0 saturated carbocycles. The predicted molar refractivity (Wildman–Crippen MR) is 95.7 cm³/mol. The summed E-state index contributed by atoms with van der Waals surface area (Å²) in [7, 11) is -4.92. The van der Waals surface area contributed by atoms with Gasteiger partial charge in [0.1, 0.15) is 28.1 Å². The van der Waals surface area contributed by atoms with Crippen molar-refractivity contribution < 1.29 is 32.4 Å². The molecule has 27 heavy (non-hydrogen) atoms. The lowest BCUT2D eigenvalue weighted by molar-refractivity contribution is 0.122. The van der Waals surface area contributed by atoms with Crippen molar-refractivity contribution in [2.45, 2.75) is 0 Å². The second kappa shape index (κ2) is 6.61. The van der Waals surface area contributed by atoms with Crippen LogP contribution in [0, 0.1) is 5.82 Å². The Morgan fingerprint density at radius 1 is 1.11 bits per heavy atom. The fourth-order valence-electron chi connectivity index (χ4n) is 3.11. The minimum atomic E-state index is -4.92. The number of ether oxygens (including phenoxy) is 1. The number of halogens is 1. The average Bonchev–Trinajstić information content (AvgIpc) is 2.60. The van der Waals surface area contributed by atoms with Gasteiger partial charge in [-0.15, -0.1) is 0 Å².